The smallest absolute Gasteiger partial charge is 0.356 e. The molecular formula is C8H7NO4. The second-order valence-corrected chi connectivity index (χ2v) is 2.20. The maximum Gasteiger partial charge on any atom is 0.356 e. The fourth-order valence-electron chi connectivity index (χ4n) is 0.772. The van der Waals surface area contributed by atoms with Crippen LogP contribution in [0.15, 0.2) is 18.2 Å². The molecule has 1 rings (SSSR count). The van der Waals surface area contributed by atoms with E-state index in [9.17, 15) is 9.59 Å². The summed E-state index contributed by atoms with van der Waals surface area (Å²) < 4.78 is 4.38. The molecule has 5 heteroatoms. The van der Waals surface area contributed by atoms with Gasteiger partial charge in [-0.05, 0) is 12.1 Å². The second kappa shape index (κ2) is 3.66. The molecule has 0 aromatic carbocycles. The van der Waals surface area contributed by atoms with Crippen molar-refractivity contribution in [3.05, 3.63) is 29.6 Å². The highest BCUT2D eigenvalue weighted by Crippen LogP contribution is 2.00. The summed E-state index contributed by atoms with van der Waals surface area (Å²) in [6, 6.07) is 4.12. The molecule has 0 spiro atoms. The van der Waals surface area contributed by atoms with E-state index in [1.807, 2.05) is 0 Å². The molecule has 0 saturated carbocycles. The minimum atomic E-state index is -1.18. The van der Waals surface area contributed by atoms with E-state index in [0.29, 0.717) is 0 Å². The van der Waals surface area contributed by atoms with Crippen molar-refractivity contribution < 1.29 is 19.4 Å². The lowest BCUT2D eigenvalue weighted by Gasteiger charge is -1.98. The number of aromatic nitrogens is 1. The van der Waals surface area contributed by atoms with Crippen LogP contribution >= 0.6 is 0 Å². The zero-order valence-electron chi connectivity index (χ0n) is 6.85. The van der Waals surface area contributed by atoms with Crippen LogP contribution in [0.3, 0.4) is 0 Å². The number of rotatable bonds is 2. The van der Waals surface area contributed by atoms with Crippen LogP contribution < -0.4 is 0 Å². The van der Waals surface area contributed by atoms with Crippen molar-refractivity contribution in [2.75, 3.05) is 7.11 Å². The van der Waals surface area contributed by atoms with Gasteiger partial charge < -0.3 is 9.84 Å². The Morgan fingerprint density at radius 2 is 2.00 bits per heavy atom. The Bertz CT molecular complexity index is 348. The molecule has 0 amide bonds. The Morgan fingerprint density at radius 3 is 2.54 bits per heavy atom. The van der Waals surface area contributed by atoms with Gasteiger partial charge in [0, 0.05) is 0 Å². The van der Waals surface area contributed by atoms with Crippen LogP contribution in [-0.4, -0.2) is 29.1 Å². The van der Waals surface area contributed by atoms with Gasteiger partial charge in [-0.15, -0.1) is 0 Å². The van der Waals surface area contributed by atoms with Gasteiger partial charge >= 0.3 is 11.9 Å². The first kappa shape index (κ1) is 9.18. The third-order valence-corrected chi connectivity index (χ3v) is 1.36. The molecule has 0 aliphatic carbocycles. The summed E-state index contributed by atoms with van der Waals surface area (Å²) >= 11 is 0. The summed E-state index contributed by atoms with van der Waals surface area (Å²) in [7, 11) is 1.21. The highest BCUT2D eigenvalue weighted by Gasteiger charge is 2.10. The summed E-state index contributed by atoms with van der Waals surface area (Å²) in [5.41, 5.74) is -0.190. The fraction of sp³-hybridized carbons (Fsp3) is 0.125. The molecule has 1 aromatic heterocycles. The maximum atomic E-state index is 10.9. The van der Waals surface area contributed by atoms with Gasteiger partial charge in [-0.25, -0.2) is 14.6 Å². The second-order valence-electron chi connectivity index (χ2n) is 2.20. The zero-order valence-corrected chi connectivity index (χ0v) is 6.85. The fourth-order valence-corrected chi connectivity index (χ4v) is 0.772. The van der Waals surface area contributed by atoms with Crippen molar-refractivity contribution in [1.82, 2.24) is 4.98 Å². The third kappa shape index (κ3) is 2.02. The molecule has 1 aromatic rings. The summed E-state index contributed by atoms with van der Waals surface area (Å²) in [5.74, 6) is -1.83. The van der Waals surface area contributed by atoms with E-state index in [1.54, 1.807) is 0 Å². The van der Waals surface area contributed by atoms with Gasteiger partial charge in [0.2, 0.25) is 0 Å². The van der Waals surface area contributed by atoms with E-state index in [1.165, 1.54) is 25.3 Å². The van der Waals surface area contributed by atoms with Gasteiger partial charge in [0.15, 0.2) is 0 Å². The van der Waals surface area contributed by atoms with Crippen LogP contribution in [0.25, 0.3) is 0 Å². The van der Waals surface area contributed by atoms with Crippen LogP contribution in [0, 0.1) is 0 Å². The first-order chi connectivity index (χ1) is 6.15. The predicted octanol–water partition coefficient (Wildman–Crippen LogP) is 0.566. The molecule has 13 heavy (non-hydrogen) atoms. The van der Waals surface area contributed by atoms with Crippen molar-refractivity contribution in [1.29, 1.82) is 0 Å². The summed E-state index contributed by atoms with van der Waals surface area (Å²) in [4.78, 5) is 24.9. The number of hydrogen-bond acceptors (Lipinski definition) is 4. The molecule has 0 saturated heterocycles. The number of pyridine rings is 1. The van der Waals surface area contributed by atoms with Crippen LogP contribution in [0.5, 0.6) is 0 Å². The lowest BCUT2D eigenvalue weighted by Crippen LogP contribution is -2.08. The number of nitrogens with zero attached hydrogens (tertiary/aromatic N) is 1. The van der Waals surface area contributed by atoms with Gasteiger partial charge in [-0.1, -0.05) is 6.07 Å². The molecule has 0 unspecified atom stereocenters. The van der Waals surface area contributed by atoms with Gasteiger partial charge in [0.25, 0.3) is 0 Å². The van der Waals surface area contributed by atoms with E-state index >= 15 is 0 Å². The molecular weight excluding hydrogens is 174 g/mol. The van der Waals surface area contributed by atoms with E-state index in [2.05, 4.69) is 9.72 Å². The Kier molecular flexibility index (Phi) is 2.59. The van der Waals surface area contributed by atoms with Crippen LogP contribution in [0.1, 0.15) is 21.0 Å². The van der Waals surface area contributed by atoms with E-state index in [0.717, 1.165) is 0 Å². The first-order valence-electron chi connectivity index (χ1n) is 3.44. The average Bonchev–Trinajstić information content (AvgIpc) is 2.17. The predicted molar refractivity (Wildman–Crippen MR) is 42.5 cm³/mol. The van der Waals surface area contributed by atoms with Crippen LogP contribution in [-0.2, 0) is 4.74 Å². The summed E-state index contributed by atoms with van der Waals surface area (Å²) in [6.07, 6.45) is 0. The lowest BCUT2D eigenvalue weighted by atomic mass is 10.3. The molecule has 0 radical (unpaired) electrons. The largest absolute Gasteiger partial charge is 0.477 e. The topological polar surface area (TPSA) is 76.5 Å². The van der Waals surface area contributed by atoms with Crippen molar-refractivity contribution in [2.24, 2.45) is 0 Å². The van der Waals surface area contributed by atoms with Gasteiger partial charge in [-0.2, -0.15) is 0 Å². The van der Waals surface area contributed by atoms with Crippen molar-refractivity contribution in [3.8, 4) is 0 Å². The number of ether oxygens (including phenoxy) is 1. The molecule has 0 aliphatic heterocycles. The number of methoxy groups -OCH3 is 1. The van der Waals surface area contributed by atoms with Gasteiger partial charge in [-0.3, -0.25) is 0 Å². The maximum absolute atomic E-state index is 10.9. The molecule has 0 bridgehead atoms. The number of carbonyl (C=O) groups excluding carboxylic acids is 1. The normalized spacial score (nSPS) is 9.31. The number of aromatic carboxylic acids is 1. The van der Waals surface area contributed by atoms with Crippen LogP contribution in [0.2, 0.25) is 0 Å². The number of carbonyl (C=O) groups is 2. The Hall–Kier alpha value is -1.91. The molecule has 1 N–H and O–H groups in total. The molecule has 0 atom stereocenters. The first-order valence-corrected chi connectivity index (χ1v) is 3.44. The Labute approximate surface area is 74.0 Å². The van der Waals surface area contributed by atoms with E-state index < -0.39 is 11.9 Å². The van der Waals surface area contributed by atoms with Crippen LogP contribution in [0.4, 0.5) is 0 Å². The number of carboxylic acid groups (broad SMARTS) is 1. The quantitative estimate of drug-likeness (QED) is 0.675. The van der Waals surface area contributed by atoms with E-state index in [4.69, 9.17) is 5.11 Å². The summed E-state index contributed by atoms with van der Waals surface area (Å²) in [6.45, 7) is 0. The third-order valence-electron chi connectivity index (χ3n) is 1.36. The standard InChI is InChI=1S/C8H7NO4/c1-13-8(12)6-4-2-3-5(9-6)7(10)11/h2-4H,1H3,(H,10,11). The van der Waals surface area contributed by atoms with E-state index in [-0.39, 0.29) is 11.4 Å². The minimum absolute atomic E-state index is 0.0117. The number of esters is 1. The van der Waals surface area contributed by atoms with Crippen molar-refractivity contribution in [3.63, 3.8) is 0 Å². The van der Waals surface area contributed by atoms with Gasteiger partial charge in [0.1, 0.15) is 11.4 Å². The Morgan fingerprint density at radius 1 is 1.38 bits per heavy atom. The van der Waals surface area contributed by atoms with Crippen molar-refractivity contribution in [2.45, 2.75) is 0 Å². The lowest BCUT2D eigenvalue weighted by molar-refractivity contribution is 0.0593. The number of hydrogen-bond donors (Lipinski definition) is 1. The molecule has 68 valence electrons. The van der Waals surface area contributed by atoms with Gasteiger partial charge in [0.05, 0.1) is 7.11 Å². The average molecular weight is 181 g/mol. The molecule has 0 aliphatic rings. The SMILES string of the molecule is COC(=O)c1cccc(C(=O)O)n1. The zero-order chi connectivity index (χ0) is 9.84. The highest BCUT2D eigenvalue weighted by atomic mass is 16.5. The highest BCUT2D eigenvalue weighted by molar-refractivity contribution is 5.90. The number of carboxylic acids is 1. The molecule has 5 nitrogen and oxygen atoms in total. The minimum Gasteiger partial charge on any atom is -0.477 e. The summed E-state index contributed by atoms with van der Waals surface area (Å²) in [5, 5.41) is 8.55. The molecule has 0 fully saturated rings. The monoisotopic (exact) mass is 181 g/mol. The Balaban J connectivity index is 3.05. The molecule has 1 heterocycles. The van der Waals surface area contributed by atoms with Crippen molar-refractivity contribution >= 4 is 11.9 Å².